The average Bonchev–Trinajstić information content (AvgIpc) is 2.67. The van der Waals surface area contributed by atoms with Crippen molar-refractivity contribution in [1.29, 1.82) is 0 Å². The molecule has 27 heavy (non-hydrogen) atoms. The molecule has 0 bridgehead atoms. The van der Waals surface area contributed by atoms with Crippen LogP contribution in [0, 0.1) is 5.92 Å². The summed E-state index contributed by atoms with van der Waals surface area (Å²) in [6.45, 7) is 5.69. The average molecular weight is 395 g/mol. The molecule has 2 fully saturated rings. The number of nitrogens with one attached hydrogen (secondary N) is 1. The van der Waals surface area contributed by atoms with Gasteiger partial charge in [0.1, 0.15) is 5.75 Å². The maximum absolute atomic E-state index is 12.7. The number of nitrogens with zero attached hydrogens (tertiary/aromatic N) is 2. The van der Waals surface area contributed by atoms with Crippen LogP contribution in [0.2, 0.25) is 5.02 Å². The quantitative estimate of drug-likeness (QED) is 0.751. The standard InChI is InChI=1S/C20H31ClN4O2/c1-24-7-3-14(4-8-24)13-25-9-5-15(6-10-25)23-20(26)16-11-17(21)18(22)12-19(16)27-2/h11-12,14-15H,3-10,13,22H2,1-2H3,(H,23,26). The molecule has 7 heteroatoms. The van der Waals surface area contributed by atoms with Crippen LogP contribution in [0.5, 0.6) is 5.75 Å². The summed E-state index contributed by atoms with van der Waals surface area (Å²) in [5, 5.41) is 3.50. The molecule has 2 aliphatic rings. The number of ether oxygens (including phenoxy) is 1. The molecule has 1 aromatic rings. The van der Waals surface area contributed by atoms with Crippen molar-refractivity contribution in [3.05, 3.63) is 22.7 Å². The van der Waals surface area contributed by atoms with E-state index < -0.39 is 0 Å². The maximum atomic E-state index is 12.7. The fourth-order valence-electron chi connectivity index (χ4n) is 4.05. The van der Waals surface area contributed by atoms with E-state index in [4.69, 9.17) is 22.1 Å². The number of hydrogen-bond acceptors (Lipinski definition) is 5. The lowest BCUT2D eigenvalue weighted by Crippen LogP contribution is -2.46. The molecular formula is C20H31ClN4O2. The Bertz CT molecular complexity index is 654. The lowest BCUT2D eigenvalue weighted by Gasteiger charge is -2.37. The van der Waals surface area contributed by atoms with E-state index in [1.165, 1.54) is 39.6 Å². The molecule has 6 nitrogen and oxygen atoms in total. The summed E-state index contributed by atoms with van der Waals surface area (Å²) in [4.78, 5) is 17.6. The number of piperidine rings is 2. The number of methoxy groups -OCH3 is 1. The minimum absolute atomic E-state index is 0.150. The van der Waals surface area contributed by atoms with Crippen LogP contribution in [-0.2, 0) is 0 Å². The fourth-order valence-corrected chi connectivity index (χ4v) is 4.21. The molecule has 2 saturated heterocycles. The number of rotatable bonds is 5. The van der Waals surface area contributed by atoms with E-state index in [0.29, 0.717) is 22.0 Å². The van der Waals surface area contributed by atoms with Gasteiger partial charge in [0.2, 0.25) is 0 Å². The van der Waals surface area contributed by atoms with Gasteiger partial charge in [-0.25, -0.2) is 0 Å². The van der Waals surface area contributed by atoms with Crippen LogP contribution < -0.4 is 15.8 Å². The van der Waals surface area contributed by atoms with Crippen LogP contribution >= 0.6 is 11.6 Å². The second-order valence-electron chi connectivity index (χ2n) is 7.87. The van der Waals surface area contributed by atoms with E-state index in [1.807, 2.05) is 0 Å². The van der Waals surface area contributed by atoms with E-state index >= 15 is 0 Å². The highest BCUT2D eigenvalue weighted by Gasteiger charge is 2.25. The minimum Gasteiger partial charge on any atom is -0.496 e. The molecule has 1 amide bonds. The van der Waals surface area contributed by atoms with Gasteiger partial charge in [0.15, 0.2) is 0 Å². The summed E-state index contributed by atoms with van der Waals surface area (Å²) in [6.07, 6.45) is 4.54. The summed E-state index contributed by atoms with van der Waals surface area (Å²) in [5.74, 6) is 1.12. The van der Waals surface area contributed by atoms with Gasteiger partial charge in [-0.05, 0) is 57.8 Å². The fraction of sp³-hybridized carbons (Fsp3) is 0.650. The normalized spacial score (nSPS) is 20.6. The SMILES string of the molecule is COc1cc(N)c(Cl)cc1C(=O)NC1CCN(CC2CCN(C)CC2)CC1. The topological polar surface area (TPSA) is 70.8 Å². The molecule has 0 spiro atoms. The van der Waals surface area contributed by atoms with E-state index in [0.717, 1.165) is 31.8 Å². The van der Waals surface area contributed by atoms with E-state index in [2.05, 4.69) is 22.2 Å². The lowest BCUT2D eigenvalue weighted by molar-refractivity contribution is 0.0892. The van der Waals surface area contributed by atoms with Gasteiger partial charge in [0, 0.05) is 31.7 Å². The number of nitrogen functional groups attached to an aromatic ring is 1. The molecule has 0 atom stereocenters. The zero-order valence-corrected chi connectivity index (χ0v) is 17.1. The van der Waals surface area contributed by atoms with Crippen LogP contribution in [0.4, 0.5) is 5.69 Å². The smallest absolute Gasteiger partial charge is 0.255 e. The number of hydrogen-bond donors (Lipinski definition) is 2. The molecule has 2 aliphatic heterocycles. The van der Waals surface area contributed by atoms with E-state index in [9.17, 15) is 4.79 Å². The van der Waals surface area contributed by atoms with Gasteiger partial charge in [-0.2, -0.15) is 0 Å². The summed E-state index contributed by atoms with van der Waals surface area (Å²) in [6, 6.07) is 3.37. The first kappa shape index (κ1) is 20.2. The molecule has 0 saturated carbocycles. The van der Waals surface area contributed by atoms with E-state index in [1.54, 1.807) is 12.1 Å². The number of benzene rings is 1. The van der Waals surface area contributed by atoms with Crippen LogP contribution in [0.25, 0.3) is 0 Å². The second kappa shape index (κ2) is 9.13. The van der Waals surface area contributed by atoms with Crippen molar-refractivity contribution < 1.29 is 9.53 Å². The molecule has 1 aromatic carbocycles. The third-order valence-corrected chi connectivity index (χ3v) is 6.17. The van der Waals surface area contributed by atoms with Gasteiger partial charge in [-0.15, -0.1) is 0 Å². The number of halogens is 1. The number of anilines is 1. The Balaban J connectivity index is 1.49. The van der Waals surface area contributed by atoms with Gasteiger partial charge < -0.3 is 25.6 Å². The van der Waals surface area contributed by atoms with Crippen LogP contribution in [0.3, 0.4) is 0 Å². The Hall–Kier alpha value is -1.50. The highest BCUT2D eigenvalue weighted by atomic mass is 35.5. The molecule has 3 N–H and O–H groups in total. The number of likely N-dealkylation sites (tertiary alicyclic amines) is 2. The van der Waals surface area contributed by atoms with Crippen LogP contribution in [0.15, 0.2) is 12.1 Å². The predicted molar refractivity (Wildman–Crippen MR) is 110 cm³/mol. The van der Waals surface area contributed by atoms with Crippen molar-refractivity contribution in [1.82, 2.24) is 15.1 Å². The van der Waals surface area contributed by atoms with Crippen LogP contribution in [0.1, 0.15) is 36.0 Å². The molecule has 0 radical (unpaired) electrons. The van der Waals surface area contributed by atoms with Gasteiger partial charge in [-0.3, -0.25) is 4.79 Å². The van der Waals surface area contributed by atoms with Crippen molar-refractivity contribution >= 4 is 23.2 Å². The molecule has 2 heterocycles. The Labute approximate surface area is 167 Å². The number of amides is 1. The molecule has 0 aromatic heterocycles. The van der Waals surface area contributed by atoms with Crippen molar-refractivity contribution in [3.8, 4) is 5.75 Å². The Morgan fingerprint density at radius 2 is 1.89 bits per heavy atom. The van der Waals surface area contributed by atoms with Gasteiger partial charge >= 0.3 is 0 Å². The molecule has 0 unspecified atom stereocenters. The first-order chi connectivity index (χ1) is 13.0. The van der Waals surface area contributed by atoms with Gasteiger partial charge in [0.05, 0.1) is 23.4 Å². The highest BCUT2D eigenvalue weighted by Crippen LogP contribution is 2.29. The predicted octanol–water partition coefficient (Wildman–Crippen LogP) is 2.47. The number of carbonyl (C=O) groups excluding carboxylic acids is 1. The molecular weight excluding hydrogens is 364 g/mol. The zero-order valence-electron chi connectivity index (χ0n) is 16.3. The third kappa shape index (κ3) is 5.27. The molecule has 0 aliphatic carbocycles. The Kier molecular flexibility index (Phi) is 6.84. The Morgan fingerprint density at radius 3 is 2.52 bits per heavy atom. The van der Waals surface area contributed by atoms with Crippen molar-refractivity contribution in [2.75, 3.05) is 52.6 Å². The summed E-state index contributed by atoms with van der Waals surface area (Å²) >= 11 is 6.08. The second-order valence-corrected chi connectivity index (χ2v) is 8.28. The summed E-state index contributed by atoms with van der Waals surface area (Å²) in [7, 11) is 3.73. The van der Waals surface area contributed by atoms with Crippen molar-refractivity contribution in [3.63, 3.8) is 0 Å². The van der Waals surface area contributed by atoms with Gasteiger partial charge in [0.25, 0.3) is 5.91 Å². The van der Waals surface area contributed by atoms with Crippen molar-refractivity contribution in [2.24, 2.45) is 5.92 Å². The molecule has 150 valence electrons. The first-order valence-corrected chi connectivity index (χ1v) is 10.2. The summed E-state index contributed by atoms with van der Waals surface area (Å²) in [5.41, 5.74) is 6.64. The monoisotopic (exact) mass is 394 g/mol. The van der Waals surface area contributed by atoms with Crippen molar-refractivity contribution in [2.45, 2.75) is 31.7 Å². The van der Waals surface area contributed by atoms with Gasteiger partial charge in [-0.1, -0.05) is 11.6 Å². The Morgan fingerprint density at radius 1 is 1.22 bits per heavy atom. The third-order valence-electron chi connectivity index (χ3n) is 5.84. The summed E-state index contributed by atoms with van der Waals surface area (Å²) < 4.78 is 5.29. The molecule has 3 rings (SSSR count). The maximum Gasteiger partial charge on any atom is 0.255 e. The lowest BCUT2D eigenvalue weighted by atomic mass is 9.95. The highest BCUT2D eigenvalue weighted by molar-refractivity contribution is 6.33. The minimum atomic E-state index is -0.150. The van der Waals surface area contributed by atoms with E-state index in [-0.39, 0.29) is 11.9 Å². The first-order valence-electron chi connectivity index (χ1n) is 9.81. The largest absolute Gasteiger partial charge is 0.496 e. The number of carbonyl (C=O) groups is 1. The zero-order chi connectivity index (χ0) is 19.4. The van der Waals surface area contributed by atoms with Crippen LogP contribution in [-0.4, -0.2) is 68.6 Å². The number of nitrogens with two attached hydrogens (primary N) is 1.